The Morgan fingerprint density at radius 1 is 1.09 bits per heavy atom. The average molecular weight is 649 g/mol. The molecule has 3 aliphatic heterocycles. The van der Waals surface area contributed by atoms with Crippen LogP contribution >= 0.6 is 0 Å². The second kappa shape index (κ2) is 14.2. The van der Waals surface area contributed by atoms with Gasteiger partial charge in [-0.25, -0.2) is 23.8 Å². The molecule has 2 atom stereocenters. The van der Waals surface area contributed by atoms with E-state index in [0.717, 1.165) is 57.3 Å². The highest BCUT2D eigenvalue weighted by atomic mass is 19.2. The maximum atomic E-state index is 14.7. The Bertz CT molecular complexity index is 1600. The zero-order valence-electron chi connectivity index (χ0n) is 27.1. The molecule has 3 fully saturated rings. The molecule has 0 radical (unpaired) electrons. The SMILES string of the molecule is C=CC(=O)Nc1cc(Nc2cc(N3OCCC3c3cccc(F)c3F)ncn2)c(OC)cc1N1CCC(N2CCN(C)C(C)C2)CC1. The Morgan fingerprint density at radius 3 is 2.64 bits per heavy atom. The first-order valence-corrected chi connectivity index (χ1v) is 16.1. The summed E-state index contributed by atoms with van der Waals surface area (Å²) in [6, 6.07) is 10.0. The number of hydrogen-bond acceptors (Lipinski definition) is 10. The number of ether oxygens (including phenoxy) is 1. The highest BCUT2D eigenvalue weighted by Gasteiger charge is 2.33. The standard InChI is InChI=1S/C34H42F2N8O3/c1-5-33(45)40-26-17-27(30(46-4)18-29(26)42-12-9-23(10-13-42)43-15-14-41(3)22(2)20-43)39-31-19-32(38-21-37-31)44-28(11-16-47-44)24-7-6-8-25(35)34(24)36/h5-8,17-19,21-23,28H,1,9-16,20H2,2-4H3,(H,40,45)(H,37,38,39). The molecule has 1 amide bonds. The quantitative estimate of drug-likeness (QED) is 0.305. The zero-order chi connectivity index (χ0) is 33.1. The van der Waals surface area contributed by atoms with Crippen LogP contribution in [0.5, 0.6) is 5.75 Å². The molecule has 3 aliphatic rings. The third-order valence-corrected chi connectivity index (χ3v) is 9.46. The van der Waals surface area contributed by atoms with Crippen LogP contribution in [-0.4, -0.2) is 91.2 Å². The van der Waals surface area contributed by atoms with Gasteiger partial charge >= 0.3 is 0 Å². The normalized spacial score (nSPS) is 21.1. The number of hydrogen-bond donors (Lipinski definition) is 2. The lowest BCUT2D eigenvalue weighted by molar-refractivity contribution is -0.111. The Balaban J connectivity index is 1.23. The van der Waals surface area contributed by atoms with Crippen LogP contribution in [0.1, 0.15) is 37.8 Å². The molecule has 2 aromatic carbocycles. The third kappa shape index (κ3) is 7.02. The summed E-state index contributed by atoms with van der Waals surface area (Å²) in [6.07, 6.45) is 5.12. The molecule has 0 spiro atoms. The molecule has 3 aromatic rings. The number of methoxy groups -OCH3 is 1. The second-order valence-electron chi connectivity index (χ2n) is 12.3. The average Bonchev–Trinajstić information content (AvgIpc) is 3.57. The first-order chi connectivity index (χ1) is 22.7. The summed E-state index contributed by atoms with van der Waals surface area (Å²) in [4.78, 5) is 34.4. The van der Waals surface area contributed by atoms with E-state index in [0.29, 0.717) is 53.9 Å². The van der Waals surface area contributed by atoms with Crippen LogP contribution in [0.25, 0.3) is 0 Å². The first-order valence-electron chi connectivity index (χ1n) is 16.1. The fourth-order valence-corrected chi connectivity index (χ4v) is 6.69. The van der Waals surface area contributed by atoms with Gasteiger partial charge < -0.3 is 25.2 Å². The topological polar surface area (TPSA) is 98.3 Å². The van der Waals surface area contributed by atoms with Gasteiger partial charge in [0, 0.05) is 68.9 Å². The van der Waals surface area contributed by atoms with Gasteiger partial charge in [-0.15, -0.1) is 0 Å². The van der Waals surface area contributed by atoms with Crippen molar-refractivity contribution in [1.82, 2.24) is 19.8 Å². The van der Waals surface area contributed by atoms with E-state index < -0.39 is 17.7 Å². The highest BCUT2D eigenvalue weighted by molar-refractivity contribution is 6.02. The van der Waals surface area contributed by atoms with Crippen molar-refractivity contribution in [2.45, 2.75) is 44.3 Å². The summed E-state index contributed by atoms with van der Waals surface area (Å²) in [7, 11) is 3.78. The van der Waals surface area contributed by atoms with Crippen molar-refractivity contribution in [1.29, 1.82) is 0 Å². The van der Waals surface area contributed by atoms with E-state index >= 15 is 0 Å². The highest BCUT2D eigenvalue weighted by Crippen LogP contribution is 2.41. The van der Waals surface area contributed by atoms with Gasteiger partial charge in [0.05, 0.1) is 36.8 Å². The monoisotopic (exact) mass is 648 g/mol. The van der Waals surface area contributed by atoms with Crippen molar-refractivity contribution < 1.29 is 23.1 Å². The molecule has 2 unspecified atom stereocenters. The number of benzene rings is 2. The number of rotatable bonds is 9. The molecule has 1 aromatic heterocycles. The molecule has 11 nitrogen and oxygen atoms in total. The number of amides is 1. The summed E-state index contributed by atoms with van der Waals surface area (Å²) in [5, 5.41) is 7.74. The van der Waals surface area contributed by atoms with E-state index in [1.54, 1.807) is 19.2 Å². The molecule has 4 heterocycles. The number of hydroxylamine groups is 1. The summed E-state index contributed by atoms with van der Waals surface area (Å²) >= 11 is 0. The molecular weight excluding hydrogens is 606 g/mol. The van der Waals surface area contributed by atoms with Gasteiger partial charge in [0.15, 0.2) is 17.5 Å². The molecular formula is C34H42F2N8O3. The van der Waals surface area contributed by atoms with Gasteiger partial charge in [-0.05, 0) is 45.0 Å². The minimum Gasteiger partial charge on any atom is -0.494 e. The third-order valence-electron chi connectivity index (χ3n) is 9.46. The van der Waals surface area contributed by atoms with Crippen LogP contribution < -0.4 is 25.3 Å². The smallest absolute Gasteiger partial charge is 0.247 e. The van der Waals surface area contributed by atoms with Crippen molar-refractivity contribution in [2.24, 2.45) is 0 Å². The number of nitrogens with one attached hydrogen (secondary N) is 2. The minimum absolute atomic E-state index is 0.192. The number of nitrogens with zero attached hydrogens (tertiary/aromatic N) is 6. The van der Waals surface area contributed by atoms with E-state index in [2.05, 4.69) is 55.9 Å². The Morgan fingerprint density at radius 2 is 1.89 bits per heavy atom. The number of likely N-dealkylation sites (N-methyl/N-ethyl adjacent to an activating group) is 1. The Kier molecular flexibility index (Phi) is 9.85. The molecule has 47 heavy (non-hydrogen) atoms. The Hall–Kier alpha value is -4.33. The molecule has 13 heteroatoms. The molecule has 6 rings (SSSR count). The van der Waals surface area contributed by atoms with Crippen molar-refractivity contribution in [3.05, 3.63) is 72.6 Å². The summed E-state index contributed by atoms with van der Waals surface area (Å²) in [5.74, 6) is -0.792. The number of carbonyl (C=O) groups is 1. The number of piperazine rings is 1. The molecule has 0 bridgehead atoms. The Labute approximate surface area is 274 Å². The summed E-state index contributed by atoms with van der Waals surface area (Å²) < 4.78 is 34.5. The van der Waals surface area contributed by atoms with Crippen molar-refractivity contribution in [3.8, 4) is 5.75 Å². The maximum Gasteiger partial charge on any atom is 0.247 e. The molecule has 2 N–H and O–H groups in total. The largest absolute Gasteiger partial charge is 0.494 e. The lowest BCUT2D eigenvalue weighted by atomic mass is 10.00. The van der Waals surface area contributed by atoms with E-state index in [9.17, 15) is 13.6 Å². The number of halogens is 2. The zero-order valence-corrected chi connectivity index (χ0v) is 27.1. The molecule has 0 aliphatic carbocycles. The predicted octanol–water partition coefficient (Wildman–Crippen LogP) is 5.12. The second-order valence-corrected chi connectivity index (χ2v) is 12.3. The number of aromatic nitrogens is 2. The van der Waals surface area contributed by atoms with Crippen LogP contribution in [0.4, 0.5) is 37.5 Å². The fourth-order valence-electron chi connectivity index (χ4n) is 6.69. The molecule has 250 valence electrons. The molecule has 3 saturated heterocycles. The van der Waals surface area contributed by atoms with E-state index in [1.807, 2.05) is 12.1 Å². The number of piperidine rings is 1. The fraction of sp³-hybridized carbons (Fsp3) is 0.441. The van der Waals surface area contributed by atoms with Crippen LogP contribution in [0.3, 0.4) is 0 Å². The van der Waals surface area contributed by atoms with Gasteiger partial charge in [0.1, 0.15) is 17.9 Å². The predicted molar refractivity (Wildman–Crippen MR) is 178 cm³/mol. The van der Waals surface area contributed by atoms with Crippen LogP contribution in [0.15, 0.2) is 55.4 Å². The summed E-state index contributed by atoms with van der Waals surface area (Å²) in [5.41, 5.74) is 2.24. The van der Waals surface area contributed by atoms with Crippen LogP contribution in [0.2, 0.25) is 0 Å². The van der Waals surface area contributed by atoms with Crippen LogP contribution in [-0.2, 0) is 9.63 Å². The lowest BCUT2D eigenvalue weighted by Crippen LogP contribution is -2.55. The lowest BCUT2D eigenvalue weighted by Gasteiger charge is -2.45. The van der Waals surface area contributed by atoms with Gasteiger partial charge in [0.2, 0.25) is 5.91 Å². The van der Waals surface area contributed by atoms with Crippen molar-refractivity contribution >= 4 is 34.6 Å². The number of carbonyl (C=O) groups excluding carboxylic acids is 1. The van der Waals surface area contributed by atoms with Gasteiger partial charge in [-0.1, -0.05) is 18.7 Å². The van der Waals surface area contributed by atoms with E-state index in [4.69, 9.17) is 9.57 Å². The van der Waals surface area contributed by atoms with Gasteiger partial charge in [-0.2, -0.15) is 0 Å². The summed E-state index contributed by atoms with van der Waals surface area (Å²) in [6.45, 7) is 11.2. The first kappa shape index (κ1) is 32.6. The van der Waals surface area contributed by atoms with Crippen LogP contribution in [0, 0.1) is 11.6 Å². The maximum absolute atomic E-state index is 14.7. The van der Waals surface area contributed by atoms with Gasteiger partial charge in [0.25, 0.3) is 0 Å². The van der Waals surface area contributed by atoms with E-state index in [1.165, 1.54) is 23.5 Å². The molecule has 0 saturated carbocycles. The van der Waals surface area contributed by atoms with Crippen molar-refractivity contribution in [2.75, 3.05) is 74.1 Å². The van der Waals surface area contributed by atoms with Crippen molar-refractivity contribution in [3.63, 3.8) is 0 Å². The van der Waals surface area contributed by atoms with Gasteiger partial charge in [-0.3, -0.25) is 14.5 Å². The number of anilines is 5. The minimum atomic E-state index is -0.914. The van der Waals surface area contributed by atoms with E-state index in [-0.39, 0.29) is 11.5 Å².